The number of rotatable bonds is 8. The zero-order valence-electron chi connectivity index (χ0n) is 15.3. The summed E-state index contributed by atoms with van der Waals surface area (Å²) < 4.78 is 50.1. The molecule has 0 unspecified atom stereocenters. The first kappa shape index (κ1) is 20.3. The van der Waals surface area contributed by atoms with E-state index in [-0.39, 0.29) is 22.9 Å². The average Bonchev–Trinajstić information content (AvgIpc) is 3.25. The summed E-state index contributed by atoms with van der Waals surface area (Å²) in [4.78, 5) is 12.3. The van der Waals surface area contributed by atoms with Crippen molar-refractivity contribution >= 4 is 16.0 Å². The van der Waals surface area contributed by atoms with Gasteiger partial charge in [-0.1, -0.05) is 6.07 Å². The number of hydrogen-bond acceptors (Lipinski definition) is 5. The largest absolute Gasteiger partial charge is 0.493 e. The van der Waals surface area contributed by atoms with Crippen LogP contribution >= 0.6 is 0 Å². The van der Waals surface area contributed by atoms with Crippen LogP contribution in [0, 0.1) is 5.82 Å². The zero-order valence-corrected chi connectivity index (χ0v) is 16.2. The van der Waals surface area contributed by atoms with Crippen LogP contribution in [0.15, 0.2) is 53.4 Å². The van der Waals surface area contributed by atoms with Gasteiger partial charge in [-0.05, 0) is 55.3 Å². The maximum Gasteiger partial charge on any atom is 0.338 e. The lowest BCUT2D eigenvalue weighted by Gasteiger charge is -2.15. The van der Waals surface area contributed by atoms with Crippen molar-refractivity contribution in [1.29, 1.82) is 0 Å². The Balaban J connectivity index is 1.50. The highest BCUT2D eigenvalue weighted by Gasteiger charge is 2.27. The van der Waals surface area contributed by atoms with Gasteiger partial charge in [0.25, 0.3) is 0 Å². The van der Waals surface area contributed by atoms with Crippen molar-refractivity contribution in [3.63, 3.8) is 0 Å². The Morgan fingerprint density at radius 1 is 1.04 bits per heavy atom. The number of carbonyl (C=O) groups excluding carboxylic acids is 1. The predicted octanol–water partition coefficient (Wildman–Crippen LogP) is 3.24. The van der Waals surface area contributed by atoms with Gasteiger partial charge in [-0.15, -0.1) is 0 Å². The van der Waals surface area contributed by atoms with Gasteiger partial charge in [0, 0.05) is 19.5 Å². The van der Waals surface area contributed by atoms with Gasteiger partial charge in [0.05, 0.1) is 23.7 Å². The van der Waals surface area contributed by atoms with E-state index < -0.39 is 16.0 Å². The third-order valence-electron chi connectivity index (χ3n) is 4.38. The van der Waals surface area contributed by atoms with E-state index in [4.69, 9.17) is 9.47 Å². The molecule has 6 nitrogen and oxygen atoms in total. The molecule has 2 aromatic rings. The van der Waals surface area contributed by atoms with Gasteiger partial charge in [-0.3, -0.25) is 0 Å². The fourth-order valence-corrected chi connectivity index (χ4v) is 4.45. The lowest BCUT2D eigenvalue weighted by molar-refractivity contribution is 0.0485. The molecule has 0 aliphatic carbocycles. The zero-order chi connectivity index (χ0) is 20.0. The van der Waals surface area contributed by atoms with Crippen LogP contribution in [0.1, 0.15) is 29.6 Å². The van der Waals surface area contributed by atoms with E-state index in [2.05, 4.69) is 0 Å². The number of sulfonamides is 1. The SMILES string of the molecule is O=C(OCCCOc1ccc(F)cc1)c1cccc(S(=O)(=O)N2CCCC2)c1. The number of hydrogen-bond donors (Lipinski definition) is 0. The van der Waals surface area contributed by atoms with E-state index in [1.807, 2.05) is 0 Å². The van der Waals surface area contributed by atoms with Crippen molar-refractivity contribution in [2.75, 3.05) is 26.3 Å². The molecular formula is C20H22FNO5S. The summed E-state index contributed by atoms with van der Waals surface area (Å²) in [6.45, 7) is 1.45. The molecule has 1 fully saturated rings. The van der Waals surface area contributed by atoms with E-state index in [1.54, 1.807) is 0 Å². The molecule has 0 spiro atoms. The first-order chi connectivity index (χ1) is 13.5. The first-order valence-corrected chi connectivity index (χ1v) is 10.6. The molecule has 0 saturated carbocycles. The normalized spacial score (nSPS) is 14.8. The number of halogens is 1. The number of benzene rings is 2. The molecule has 28 heavy (non-hydrogen) atoms. The van der Waals surface area contributed by atoms with Gasteiger partial charge in [0.2, 0.25) is 10.0 Å². The lowest BCUT2D eigenvalue weighted by Crippen LogP contribution is -2.28. The number of ether oxygens (including phenoxy) is 2. The van der Waals surface area contributed by atoms with Gasteiger partial charge < -0.3 is 9.47 Å². The Kier molecular flexibility index (Phi) is 6.64. The Labute approximate surface area is 163 Å². The average molecular weight is 407 g/mol. The summed E-state index contributed by atoms with van der Waals surface area (Å²) in [5.74, 6) is -0.386. The quantitative estimate of drug-likeness (QED) is 0.496. The summed E-state index contributed by atoms with van der Waals surface area (Å²) in [5, 5.41) is 0. The van der Waals surface area contributed by atoms with Gasteiger partial charge in [0.1, 0.15) is 11.6 Å². The van der Waals surface area contributed by atoms with Crippen LogP contribution in [0.2, 0.25) is 0 Å². The van der Waals surface area contributed by atoms with E-state index in [0.717, 1.165) is 12.8 Å². The summed E-state index contributed by atoms with van der Waals surface area (Å²) >= 11 is 0. The van der Waals surface area contributed by atoms with Crippen LogP contribution in [0.4, 0.5) is 4.39 Å². The molecule has 0 atom stereocenters. The molecule has 1 aliphatic rings. The minimum atomic E-state index is -3.58. The first-order valence-electron chi connectivity index (χ1n) is 9.12. The van der Waals surface area contributed by atoms with Crippen LogP contribution in [-0.4, -0.2) is 45.0 Å². The van der Waals surface area contributed by atoms with Crippen molar-refractivity contribution in [1.82, 2.24) is 4.31 Å². The second kappa shape index (κ2) is 9.16. The number of carbonyl (C=O) groups is 1. The summed E-state index contributed by atoms with van der Waals surface area (Å²) in [6, 6.07) is 11.6. The molecular weight excluding hydrogens is 385 g/mol. The molecule has 0 radical (unpaired) electrons. The lowest BCUT2D eigenvalue weighted by atomic mass is 10.2. The Bertz CT molecular complexity index is 908. The van der Waals surface area contributed by atoms with Crippen LogP contribution in [0.25, 0.3) is 0 Å². The molecule has 0 amide bonds. The number of esters is 1. The molecule has 8 heteroatoms. The molecule has 0 N–H and O–H groups in total. The standard InChI is InChI=1S/C20H22FNO5S/c21-17-7-9-18(10-8-17)26-13-4-14-27-20(23)16-5-3-6-19(15-16)28(24,25)22-11-1-2-12-22/h3,5-10,15H,1-2,4,11-14H2. The van der Waals surface area contributed by atoms with E-state index in [1.165, 1.54) is 52.8 Å². The van der Waals surface area contributed by atoms with Crippen molar-refractivity contribution in [3.05, 3.63) is 59.9 Å². The van der Waals surface area contributed by atoms with Gasteiger partial charge in [0.15, 0.2) is 0 Å². The van der Waals surface area contributed by atoms with E-state index in [0.29, 0.717) is 31.9 Å². The third kappa shape index (κ3) is 5.08. The molecule has 0 bridgehead atoms. The van der Waals surface area contributed by atoms with Crippen LogP contribution < -0.4 is 4.74 Å². The van der Waals surface area contributed by atoms with Crippen LogP contribution in [0.3, 0.4) is 0 Å². The third-order valence-corrected chi connectivity index (χ3v) is 6.27. The molecule has 0 aromatic heterocycles. The minimum Gasteiger partial charge on any atom is -0.493 e. The monoisotopic (exact) mass is 407 g/mol. The van der Waals surface area contributed by atoms with Crippen molar-refractivity contribution in [2.45, 2.75) is 24.2 Å². The molecule has 1 heterocycles. The summed E-state index contributed by atoms with van der Waals surface area (Å²) in [5.41, 5.74) is 0.194. The molecule has 2 aromatic carbocycles. The van der Waals surface area contributed by atoms with E-state index in [9.17, 15) is 17.6 Å². The second-order valence-corrected chi connectivity index (χ2v) is 8.37. The number of nitrogens with zero attached hydrogens (tertiary/aromatic N) is 1. The van der Waals surface area contributed by atoms with Crippen LogP contribution in [0.5, 0.6) is 5.75 Å². The highest BCUT2D eigenvalue weighted by atomic mass is 32.2. The predicted molar refractivity (Wildman–Crippen MR) is 101 cm³/mol. The van der Waals surface area contributed by atoms with Crippen LogP contribution in [-0.2, 0) is 14.8 Å². The maximum atomic E-state index is 12.8. The Morgan fingerprint density at radius 2 is 1.75 bits per heavy atom. The van der Waals surface area contributed by atoms with Gasteiger partial charge in [-0.25, -0.2) is 17.6 Å². The fourth-order valence-electron chi connectivity index (χ4n) is 2.89. The maximum absolute atomic E-state index is 12.8. The Hall–Kier alpha value is -2.45. The van der Waals surface area contributed by atoms with E-state index >= 15 is 0 Å². The van der Waals surface area contributed by atoms with Gasteiger partial charge in [-0.2, -0.15) is 4.31 Å². The molecule has 150 valence electrons. The fraction of sp³-hybridized carbons (Fsp3) is 0.350. The Morgan fingerprint density at radius 3 is 2.46 bits per heavy atom. The summed E-state index contributed by atoms with van der Waals surface area (Å²) in [6.07, 6.45) is 2.15. The van der Waals surface area contributed by atoms with Crippen molar-refractivity contribution in [2.24, 2.45) is 0 Å². The molecule has 1 saturated heterocycles. The molecule has 3 rings (SSSR count). The summed E-state index contributed by atoms with van der Waals surface area (Å²) in [7, 11) is -3.58. The molecule has 1 aliphatic heterocycles. The van der Waals surface area contributed by atoms with Gasteiger partial charge >= 0.3 is 5.97 Å². The van der Waals surface area contributed by atoms with Crippen molar-refractivity contribution < 1.29 is 27.1 Å². The minimum absolute atomic E-state index is 0.100. The smallest absolute Gasteiger partial charge is 0.338 e. The topological polar surface area (TPSA) is 72.9 Å². The second-order valence-electron chi connectivity index (χ2n) is 6.43. The van der Waals surface area contributed by atoms with Crippen molar-refractivity contribution in [3.8, 4) is 5.75 Å². The highest BCUT2D eigenvalue weighted by Crippen LogP contribution is 2.21. The highest BCUT2D eigenvalue weighted by molar-refractivity contribution is 7.89.